The van der Waals surface area contributed by atoms with E-state index in [1.54, 1.807) is 0 Å². The highest BCUT2D eigenvalue weighted by molar-refractivity contribution is 6.06. The standard InChI is InChI=1S/C5H8BNO2/c6-7-3-1-2-4(7)5(8)9/h4H,1-3H2,(H,8,9). The van der Waals surface area contributed by atoms with Gasteiger partial charge in [-0.1, -0.05) is 0 Å². The summed E-state index contributed by atoms with van der Waals surface area (Å²) in [5.41, 5.74) is 0. The van der Waals surface area contributed by atoms with Crippen molar-refractivity contribution in [2.75, 3.05) is 6.54 Å². The number of aliphatic carboxylic acids is 1. The predicted octanol–water partition coefficient (Wildman–Crippen LogP) is -0.381. The number of nitrogens with zero attached hydrogens (tertiary/aromatic N) is 1. The molecule has 1 unspecified atom stereocenters. The van der Waals surface area contributed by atoms with Gasteiger partial charge in [-0.3, -0.25) is 4.79 Å². The fourth-order valence-corrected chi connectivity index (χ4v) is 1.05. The van der Waals surface area contributed by atoms with Gasteiger partial charge in [0.05, 0.1) is 6.04 Å². The molecule has 0 spiro atoms. The van der Waals surface area contributed by atoms with Crippen LogP contribution in [0.15, 0.2) is 0 Å². The number of rotatable bonds is 1. The molecule has 9 heavy (non-hydrogen) atoms. The van der Waals surface area contributed by atoms with Gasteiger partial charge in [-0.2, -0.15) is 0 Å². The summed E-state index contributed by atoms with van der Waals surface area (Å²) in [4.78, 5) is 11.7. The summed E-state index contributed by atoms with van der Waals surface area (Å²) >= 11 is 0. The van der Waals surface area contributed by atoms with Crippen molar-refractivity contribution in [3.63, 3.8) is 0 Å². The van der Waals surface area contributed by atoms with Crippen molar-refractivity contribution >= 4 is 14.0 Å². The number of hydrogen-bond donors (Lipinski definition) is 1. The highest BCUT2D eigenvalue weighted by Crippen LogP contribution is 2.13. The summed E-state index contributed by atoms with van der Waals surface area (Å²) in [7, 11) is 5.33. The van der Waals surface area contributed by atoms with Crippen molar-refractivity contribution in [1.82, 2.24) is 4.81 Å². The third-order valence-corrected chi connectivity index (χ3v) is 1.58. The van der Waals surface area contributed by atoms with Crippen LogP contribution in [0.4, 0.5) is 0 Å². The van der Waals surface area contributed by atoms with Crippen LogP contribution in [0.3, 0.4) is 0 Å². The number of carbonyl (C=O) groups is 1. The summed E-state index contributed by atoms with van der Waals surface area (Å²) in [6.07, 6.45) is 1.58. The first-order valence-electron chi connectivity index (χ1n) is 2.96. The zero-order chi connectivity index (χ0) is 6.85. The molecule has 0 aromatic rings. The van der Waals surface area contributed by atoms with E-state index in [0.717, 1.165) is 6.42 Å². The number of carboxylic acids is 1. The molecule has 2 radical (unpaired) electrons. The van der Waals surface area contributed by atoms with Gasteiger partial charge in [0.25, 0.3) is 0 Å². The van der Waals surface area contributed by atoms with Gasteiger partial charge in [-0.15, -0.1) is 0 Å². The fourth-order valence-electron chi connectivity index (χ4n) is 1.05. The van der Waals surface area contributed by atoms with Crippen LogP contribution in [0.2, 0.25) is 0 Å². The van der Waals surface area contributed by atoms with E-state index >= 15 is 0 Å². The second-order valence-electron chi connectivity index (χ2n) is 2.23. The van der Waals surface area contributed by atoms with Gasteiger partial charge in [0, 0.05) is 0 Å². The molecule has 1 aliphatic heterocycles. The Bertz CT molecular complexity index is 128. The molecule has 0 aromatic heterocycles. The van der Waals surface area contributed by atoms with Gasteiger partial charge < -0.3 is 9.92 Å². The second-order valence-corrected chi connectivity index (χ2v) is 2.23. The zero-order valence-electron chi connectivity index (χ0n) is 5.08. The van der Waals surface area contributed by atoms with Crippen LogP contribution in [0, 0.1) is 0 Å². The third kappa shape index (κ3) is 1.24. The van der Waals surface area contributed by atoms with Crippen molar-refractivity contribution in [1.29, 1.82) is 0 Å². The SMILES string of the molecule is [B]N1CCCC1C(=O)O. The van der Waals surface area contributed by atoms with Gasteiger partial charge in [-0.05, 0) is 19.4 Å². The smallest absolute Gasteiger partial charge is 0.319 e. The minimum Gasteiger partial charge on any atom is -0.480 e. The summed E-state index contributed by atoms with van der Waals surface area (Å²) in [5.74, 6) is -0.810. The molecule has 1 saturated heterocycles. The molecule has 0 aliphatic carbocycles. The molecule has 1 heterocycles. The Morgan fingerprint density at radius 3 is 2.67 bits per heavy atom. The average molecular weight is 125 g/mol. The number of hydrogen-bond acceptors (Lipinski definition) is 2. The van der Waals surface area contributed by atoms with Crippen molar-refractivity contribution in [3.8, 4) is 0 Å². The lowest BCUT2D eigenvalue weighted by molar-refractivity contribution is -0.140. The first kappa shape index (κ1) is 6.61. The zero-order valence-corrected chi connectivity index (χ0v) is 5.08. The van der Waals surface area contributed by atoms with Gasteiger partial charge >= 0.3 is 5.97 Å². The molecule has 0 aromatic carbocycles. The van der Waals surface area contributed by atoms with Crippen molar-refractivity contribution in [2.24, 2.45) is 0 Å². The van der Waals surface area contributed by atoms with Crippen LogP contribution in [0.5, 0.6) is 0 Å². The first-order valence-corrected chi connectivity index (χ1v) is 2.96. The van der Waals surface area contributed by atoms with Crippen LogP contribution in [-0.4, -0.2) is 36.5 Å². The lowest BCUT2D eigenvalue weighted by atomic mass is 10.2. The minimum absolute atomic E-state index is 0.440. The summed E-state index contributed by atoms with van der Waals surface area (Å²) < 4.78 is 0. The van der Waals surface area contributed by atoms with E-state index in [9.17, 15) is 4.79 Å². The van der Waals surface area contributed by atoms with Gasteiger partial charge in [0.15, 0.2) is 7.98 Å². The van der Waals surface area contributed by atoms with E-state index in [4.69, 9.17) is 13.1 Å². The molecule has 4 heteroatoms. The van der Waals surface area contributed by atoms with Crippen molar-refractivity contribution in [3.05, 3.63) is 0 Å². The Labute approximate surface area is 55.1 Å². The van der Waals surface area contributed by atoms with E-state index in [1.165, 1.54) is 4.81 Å². The lowest BCUT2D eigenvalue weighted by Crippen LogP contribution is -2.33. The Hall–Kier alpha value is -0.505. The van der Waals surface area contributed by atoms with Crippen LogP contribution < -0.4 is 0 Å². The van der Waals surface area contributed by atoms with Gasteiger partial charge in [0.2, 0.25) is 0 Å². The highest BCUT2D eigenvalue weighted by Gasteiger charge is 2.26. The second kappa shape index (κ2) is 2.39. The maximum Gasteiger partial charge on any atom is 0.319 e. The van der Waals surface area contributed by atoms with Crippen LogP contribution >= 0.6 is 0 Å². The maximum atomic E-state index is 10.3. The van der Waals surface area contributed by atoms with Crippen LogP contribution in [-0.2, 0) is 4.79 Å². The lowest BCUT2D eigenvalue weighted by Gasteiger charge is -2.13. The molecule has 3 nitrogen and oxygen atoms in total. The minimum atomic E-state index is -0.810. The quantitative estimate of drug-likeness (QED) is 0.485. The van der Waals surface area contributed by atoms with E-state index in [1.807, 2.05) is 0 Å². The van der Waals surface area contributed by atoms with Gasteiger partial charge in [0.1, 0.15) is 0 Å². The Balaban J connectivity index is 2.49. The summed E-state index contributed by atoms with van der Waals surface area (Å²) in [5, 5.41) is 8.46. The molecule has 1 atom stereocenters. The Morgan fingerprint density at radius 1 is 1.78 bits per heavy atom. The molecule has 0 bridgehead atoms. The van der Waals surface area contributed by atoms with E-state index in [2.05, 4.69) is 0 Å². The first-order chi connectivity index (χ1) is 4.22. The van der Waals surface area contributed by atoms with E-state index in [-0.39, 0.29) is 0 Å². The Morgan fingerprint density at radius 2 is 2.44 bits per heavy atom. The Kier molecular flexibility index (Phi) is 1.76. The normalized spacial score (nSPS) is 28.7. The average Bonchev–Trinajstić information content (AvgIpc) is 2.13. The molecule has 1 aliphatic rings. The fraction of sp³-hybridized carbons (Fsp3) is 0.800. The largest absolute Gasteiger partial charge is 0.480 e. The molecular weight excluding hydrogens is 117 g/mol. The highest BCUT2D eigenvalue weighted by atomic mass is 16.4. The van der Waals surface area contributed by atoms with Gasteiger partial charge in [-0.25, -0.2) is 0 Å². The molecule has 0 amide bonds. The molecule has 1 rings (SSSR count). The number of carboxylic acid groups (broad SMARTS) is 1. The summed E-state index contributed by atoms with van der Waals surface area (Å²) in [6.45, 7) is 0.705. The molecule has 1 N–H and O–H groups in total. The van der Waals surface area contributed by atoms with E-state index in [0.29, 0.717) is 13.0 Å². The summed E-state index contributed by atoms with van der Waals surface area (Å²) in [6, 6.07) is -0.440. The van der Waals surface area contributed by atoms with Crippen LogP contribution in [0.1, 0.15) is 12.8 Å². The monoisotopic (exact) mass is 125 g/mol. The van der Waals surface area contributed by atoms with E-state index < -0.39 is 12.0 Å². The van der Waals surface area contributed by atoms with Crippen LogP contribution in [0.25, 0.3) is 0 Å². The molecule has 0 saturated carbocycles. The molecule has 48 valence electrons. The topological polar surface area (TPSA) is 40.5 Å². The van der Waals surface area contributed by atoms with Crippen molar-refractivity contribution in [2.45, 2.75) is 18.9 Å². The molecule has 1 fully saturated rings. The maximum absolute atomic E-state index is 10.3. The molecular formula is C5H8BNO2. The third-order valence-electron chi connectivity index (χ3n) is 1.58. The predicted molar refractivity (Wildman–Crippen MR) is 33.1 cm³/mol. The van der Waals surface area contributed by atoms with Crippen molar-refractivity contribution < 1.29 is 9.90 Å².